The second kappa shape index (κ2) is 7.54. The molecule has 0 bridgehead atoms. The van der Waals surface area contributed by atoms with E-state index in [0.29, 0.717) is 25.2 Å². The standard InChI is InChI=1S/C15H25N3O3/c1-10(2)15-17-14(21-18-15)8-4-7-13(19)16-11(3)12-6-5-9-20-12/h10-12H,4-9H2,1-3H3,(H,16,19)/t11-,12+/m1/s1. The Morgan fingerprint density at radius 3 is 2.86 bits per heavy atom. The Labute approximate surface area is 125 Å². The normalized spacial score (nSPS) is 19.9. The number of nitrogens with zero attached hydrogens (tertiary/aromatic N) is 2. The van der Waals surface area contributed by atoms with Gasteiger partial charge in [-0.1, -0.05) is 19.0 Å². The Kier molecular flexibility index (Phi) is 5.73. The molecule has 1 saturated heterocycles. The van der Waals surface area contributed by atoms with E-state index in [1.54, 1.807) is 0 Å². The van der Waals surface area contributed by atoms with E-state index in [2.05, 4.69) is 15.5 Å². The van der Waals surface area contributed by atoms with Gasteiger partial charge in [-0.2, -0.15) is 4.98 Å². The third-order valence-electron chi connectivity index (χ3n) is 3.71. The van der Waals surface area contributed by atoms with Crippen LogP contribution in [0.5, 0.6) is 0 Å². The predicted molar refractivity (Wildman–Crippen MR) is 77.9 cm³/mol. The lowest BCUT2D eigenvalue weighted by Gasteiger charge is -2.19. The number of rotatable bonds is 7. The minimum Gasteiger partial charge on any atom is -0.376 e. The fourth-order valence-electron chi connectivity index (χ4n) is 2.42. The molecular formula is C15H25N3O3. The molecule has 0 aromatic carbocycles. The highest BCUT2D eigenvalue weighted by Gasteiger charge is 2.23. The van der Waals surface area contributed by atoms with Gasteiger partial charge in [-0.3, -0.25) is 4.79 Å². The number of amides is 1. The van der Waals surface area contributed by atoms with E-state index < -0.39 is 0 Å². The summed E-state index contributed by atoms with van der Waals surface area (Å²) in [6.07, 6.45) is 4.10. The first-order valence-corrected chi connectivity index (χ1v) is 7.79. The van der Waals surface area contributed by atoms with Crippen LogP contribution in [-0.4, -0.2) is 34.8 Å². The maximum atomic E-state index is 11.9. The van der Waals surface area contributed by atoms with Crippen molar-refractivity contribution in [3.8, 4) is 0 Å². The van der Waals surface area contributed by atoms with Gasteiger partial charge in [0.2, 0.25) is 11.8 Å². The van der Waals surface area contributed by atoms with Crippen LogP contribution in [0.25, 0.3) is 0 Å². The number of carbonyl (C=O) groups excluding carboxylic acids is 1. The summed E-state index contributed by atoms with van der Waals surface area (Å²) in [6.45, 7) is 6.85. The van der Waals surface area contributed by atoms with Crippen molar-refractivity contribution in [3.63, 3.8) is 0 Å². The maximum absolute atomic E-state index is 11.9. The Morgan fingerprint density at radius 1 is 1.43 bits per heavy atom. The van der Waals surface area contributed by atoms with E-state index in [9.17, 15) is 4.79 Å². The zero-order chi connectivity index (χ0) is 15.2. The number of ether oxygens (including phenoxy) is 1. The summed E-state index contributed by atoms with van der Waals surface area (Å²) in [5, 5.41) is 6.91. The van der Waals surface area contributed by atoms with Gasteiger partial charge in [-0.05, 0) is 26.2 Å². The summed E-state index contributed by atoms with van der Waals surface area (Å²) in [7, 11) is 0. The fourth-order valence-corrected chi connectivity index (χ4v) is 2.42. The molecule has 2 heterocycles. The van der Waals surface area contributed by atoms with Crippen molar-refractivity contribution >= 4 is 5.91 Å². The zero-order valence-corrected chi connectivity index (χ0v) is 13.1. The fraction of sp³-hybridized carbons (Fsp3) is 0.800. The monoisotopic (exact) mass is 295 g/mol. The largest absolute Gasteiger partial charge is 0.376 e. The molecule has 118 valence electrons. The van der Waals surface area contributed by atoms with Crippen LogP contribution in [-0.2, 0) is 16.0 Å². The summed E-state index contributed by atoms with van der Waals surface area (Å²) in [6, 6.07) is 0.0796. The molecule has 1 amide bonds. The van der Waals surface area contributed by atoms with Gasteiger partial charge in [0.15, 0.2) is 5.82 Å². The molecule has 0 aliphatic carbocycles. The molecule has 1 aliphatic heterocycles. The van der Waals surface area contributed by atoms with Gasteiger partial charge >= 0.3 is 0 Å². The van der Waals surface area contributed by atoms with Crippen LogP contribution in [0.3, 0.4) is 0 Å². The van der Waals surface area contributed by atoms with Crippen molar-refractivity contribution in [1.29, 1.82) is 0 Å². The van der Waals surface area contributed by atoms with Crippen LogP contribution in [0.15, 0.2) is 4.52 Å². The Bertz CT molecular complexity index is 453. The number of hydrogen-bond donors (Lipinski definition) is 1. The van der Waals surface area contributed by atoms with Crippen LogP contribution >= 0.6 is 0 Å². The van der Waals surface area contributed by atoms with Crippen molar-refractivity contribution < 1.29 is 14.1 Å². The molecule has 2 rings (SSSR count). The molecule has 1 fully saturated rings. The summed E-state index contributed by atoms with van der Waals surface area (Å²) in [5.74, 6) is 1.65. The van der Waals surface area contributed by atoms with Gasteiger partial charge < -0.3 is 14.6 Å². The second-order valence-electron chi connectivity index (χ2n) is 5.96. The SMILES string of the molecule is CC(C)c1noc(CCCC(=O)N[C@H](C)[C@@H]2CCCO2)n1. The summed E-state index contributed by atoms with van der Waals surface area (Å²) < 4.78 is 10.7. The highest BCUT2D eigenvalue weighted by Crippen LogP contribution is 2.15. The lowest BCUT2D eigenvalue weighted by molar-refractivity contribution is -0.122. The minimum atomic E-state index is 0.0570. The van der Waals surface area contributed by atoms with Gasteiger partial charge in [-0.15, -0.1) is 0 Å². The second-order valence-corrected chi connectivity index (χ2v) is 5.96. The van der Waals surface area contributed by atoms with E-state index in [-0.39, 0.29) is 24.0 Å². The van der Waals surface area contributed by atoms with Gasteiger partial charge in [0.25, 0.3) is 0 Å². The minimum absolute atomic E-state index is 0.0570. The summed E-state index contributed by atoms with van der Waals surface area (Å²) in [5.41, 5.74) is 0. The van der Waals surface area contributed by atoms with E-state index in [1.807, 2.05) is 20.8 Å². The lowest BCUT2D eigenvalue weighted by atomic mass is 10.1. The van der Waals surface area contributed by atoms with E-state index in [4.69, 9.17) is 9.26 Å². The molecule has 2 atom stereocenters. The Balaban J connectivity index is 1.66. The van der Waals surface area contributed by atoms with Crippen molar-refractivity contribution in [3.05, 3.63) is 11.7 Å². The van der Waals surface area contributed by atoms with Gasteiger partial charge in [-0.25, -0.2) is 0 Å². The van der Waals surface area contributed by atoms with E-state index in [0.717, 1.165) is 25.3 Å². The highest BCUT2D eigenvalue weighted by atomic mass is 16.5. The van der Waals surface area contributed by atoms with E-state index >= 15 is 0 Å². The van der Waals surface area contributed by atoms with Crippen molar-refractivity contribution in [1.82, 2.24) is 15.5 Å². The number of hydrogen-bond acceptors (Lipinski definition) is 5. The molecule has 1 aromatic heterocycles. The molecule has 6 heteroatoms. The smallest absolute Gasteiger partial charge is 0.226 e. The molecule has 0 unspecified atom stereocenters. The zero-order valence-electron chi connectivity index (χ0n) is 13.1. The Morgan fingerprint density at radius 2 is 2.24 bits per heavy atom. The lowest BCUT2D eigenvalue weighted by Crippen LogP contribution is -2.40. The average Bonchev–Trinajstić information content (AvgIpc) is 3.10. The molecule has 0 saturated carbocycles. The number of aromatic nitrogens is 2. The molecule has 0 spiro atoms. The van der Waals surface area contributed by atoms with Gasteiger partial charge in [0.1, 0.15) is 0 Å². The first-order valence-electron chi connectivity index (χ1n) is 7.79. The van der Waals surface area contributed by atoms with Crippen LogP contribution in [0.4, 0.5) is 0 Å². The first-order chi connectivity index (χ1) is 10.1. The quantitative estimate of drug-likeness (QED) is 0.834. The topological polar surface area (TPSA) is 77.2 Å². The average molecular weight is 295 g/mol. The number of aryl methyl sites for hydroxylation is 1. The van der Waals surface area contributed by atoms with Crippen molar-refractivity contribution in [2.75, 3.05) is 6.61 Å². The maximum Gasteiger partial charge on any atom is 0.226 e. The molecule has 1 aliphatic rings. The van der Waals surface area contributed by atoms with Gasteiger partial charge in [0.05, 0.1) is 12.1 Å². The summed E-state index contributed by atoms with van der Waals surface area (Å²) in [4.78, 5) is 16.2. The van der Waals surface area contributed by atoms with E-state index in [1.165, 1.54) is 0 Å². The molecule has 21 heavy (non-hydrogen) atoms. The molecule has 1 aromatic rings. The van der Waals surface area contributed by atoms with Crippen LogP contribution in [0.1, 0.15) is 64.1 Å². The molecule has 0 radical (unpaired) electrons. The predicted octanol–water partition coefficient (Wildman–Crippen LogP) is 2.20. The van der Waals surface area contributed by atoms with Crippen LogP contribution < -0.4 is 5.32 Å². The number of nitrogens with one attached hydrogen (secondary N) is 1. The van der Waals surface area contributed by atoms with Crippen molar-refractivity contribution in [2.45, 2.75) is 70.9 Å². The molecular weight excluding hydrogens is 270 g/mol. The first kappa shape index (κ1) is 15.9. The number of carbonyl (C=O) groups is 1. The highest BCUT2D eigenvalue weighted by molar-refractivity contribution is 5.76. The van der Waals surface area contributed by atoms with Gasteiger partial charge in [0, 0.05) is 25.4 Å². The third-order valence-corrected chi connectivity index (χ3v) is 3.71. The van der Waals surface area contributed by atoms with Crippen LogP contribution in [0.2, 0.25) is 0 Å². The molecule has 6 nitrogen and oxygen atoms in total. The summed E-state index contributed by atoms with van der Waals surface area (Å²) >= 11 is 0. The van der Waals surface area contributed by atoms with Crippen LogP contribution in [0, 0.1) is 0 Å². The third kappa shape index (κ3) is 4.81. The molecule has 1 N–H and O–H groups in total. The Hall–Kier alpha value is -1.43. The van der Waals surface area contributed by atoms with Crippen molar-refractivity contribution in [2.24, 2.45) is 0 Å².